The van der Waals surface area contributed by atoms with Crippen LogP contribution in [0.25, 0.3) is 0 Å². The second-order valence-electron chi connectivity index (χ2n) is 6.48. The van der Waals surface area contributed by atoms with Crippen LogP contribution in [0.2, 0.25) is 0 Å². The Morgan fingerprint density at radius 1 is 1.23 bits per heavy atom. The summed E-state index contributed by atoms with van der Waals surface area (Å²) in [6.45, 7) is 9.07. The SMILES string of the molecule is CC(NCc1noc(C(C)(C)C)n1)c1ccc2c(c1)OCO2. The van der Waals surface area contributed by atoms with Crippen LogP contribution in [-0.4, -0.2) is 16.9 Å². The van der Waals surface area contributed by atoms with Gasteiger partial charge in [0, 0.05) is 11.5 Å². The van der Waals surface area contributed by atoms with Crippen molar-refractivity contribution in [1.82, 2.24) is 15.5 Å². The first kappa shape index (κ1) is 14.8. The Morgan fingerprint density at radius 3 is 2.73 bits per heavy atom. The molecule has 0 saturated carbocycles. The van der Waals surface area contributed by atoms with Gasteiger partial charge in [0.1, 0.15) is 0 Å². The van der Waals surface area contributed by atoms with Gasteiger partial charge >= 0.3 is 0 Å². The van der Waals surface area contributed by atoms with Crippen molar-refractivity contribution in [2.45, 2.75) is 45.7 Å². The van der Waals surface area contributed by atoms with Crippen molar-refractivity contribution in [2.75, 3.05) is 6.79 Å². The number of ether oxygens (including phenoxy) is 2. The van der Waals surface area contributed by atoms with Crippen molar-refractivity contribution in [3.8, 4) is 11.5 Å². The number of nitrogens with one attached hydrogen (secondary N) is 1. The van der Waals surface area contributed by atoms with Crippen molar-refractivity contribution < 1.29 is 14.0 Å². The highest BCUT2D eigenvalue weighted by Gasteiger charge is 2.22. The lowest BCUT2D eigenvalue weighted by molar-refractivity contribution is 0.174. The van der Waals surface area contributed by atoms with Crippen LogP contribution in [0, 0.1) is 0 Å². The molecule has 1 N–H and O–H groups in total. The zero-order valence-electron chi connectivity index (χ0n) is 13.3. The summed E-state index contributed by atoms with van der Waals surface area (Å²) in [4.78, 5) is 4.42. The third-order valence-corrected chi connectivity index (χ3v) is 3.57. The fraction of sp³-hybridized carbons (Fsp3) is 0.500. The van der Waals surface area contributed by atoms with Crippen LogP contribution < -0.4 is 14.8 Å². The number of hydrogen-bond donors (Lipinski definition) is 1. The summed E-state index contributed by atoms with van der Waals surface area (Å²) in [6, 6.07) is 6.10. The summed E-state index contributed by atoms with van der Waals surface area (Å²) < 4.78 is 16.0. The maximum atomic E-state index is 5.40. The molecule has 0 spiro atoms. The monoisotopic (exact) mass is 303 g/mol. The van der Waals surface area contributed by atoms with Crippen LogP contribution in [0.4, 0.5) is 0 Å². The Kier molecular flexibility index (Phi) is 3.78. The first-order chi connectivity index (χ1) is 10.4. The van der Waals surface area contributed by atoms with Crippen LogP contribution in [-0.2, 0) is 12.0 Å². The van der Waals surface area contributed by atoms with E-state index in [1.807, 2.05) is 39.0 Å². The molecule has 0 bridgehead atoms. The third kappa shape index (κ3) is 3.06. The van der Waals surface area contributed by atoms with Crippen LogP contribution >= 0.6 is 0 Å². The number of nitrogens with zero attached hydrogens (tertiary/aromatic N) is 2. The molecule has 118 valence electrons. The molecular weight excluding hydrogens is 282 g/mol. The molecule has 2 aromatic rings. The van der Waals surface area contributed by atoms with Crippen molar-refractivity contribution >= 4 is 0 Å². The molecule has 1 atom stereocenters. The van der Waals surface area contributed by atoms with E-state index in [9.17, 15) is 0 Å². The highest BCUT2D eigenvalue weighted by Crippen LogP contribution is 2.34. The van der Waals surface area contributed by atoms with Crippen LogP contribution in [0.15, 0.2) is 22.7 Å². The molecule has 0 fully saturated rings. The fourth-order valence-electron chi connectivity index (χ4n) is 2.18. The maximum Gasteiger partial charge on any atom is 0.232 e. The Bertz CT molecular complexity index is 661. The molecule has 1 aliphatic rings. The first-order valence-corrected chi connectivity index (χ1v) is 7.39. The van der Waals surface area contributed by atoms with Gasteiger partial charge in [0.05, 0.1) is 6.54 Å². The topological polar surface area (TPSA) is 69.4 Å². The zero-order chi connectivity index (χ0) is 15.7. The Labute approximate surface area is 129 Å². The van der Waals surface area contributed by atoms with Crippen molar-refractivity contribution in [3.05, 3.63) is 35.5 Å². The second kappa shape index (κ2) is 5.61. The molecule has 3 rings (SSSR count). The predicted molar refractivity (Wildman–Crippen MR) is 80.8 cm³/mol. The van der Waals surface area contributed by atoms with Gasteiger partial charge in [-0.15, -0.1) is 0 Å². The molecule has 0 saturated heterocycles. The summed E-state index contributed by atoms with van der Waals surface area (Å²) in [5.41, 5.74) is 0.998. The number of aromatic nitrogens is 2. The van der Waals surface area contributed by atoms with E-state index < -0.39 is 0 Å². The maximum absolute atomic E-state index is 5.40. The van der Waals surface area contributed by atoms with Gasteiger partial charge in [0.15, 0.2) is 17.3 Å². The molecule has 1 unspecified atom stereocenters. The zero-order valence-corrected chi connectivity index (χ0v) is 13.3. The Hall–Kier alpha value is -2.08. The summed E-state index contributed by atoms with van der Waals surface area (Å²) >= 11 is 0. The largest absolute Gasteiger partial charge is 0.454 e. The fourth-order valence-corrected chi connectivity index (χ4v) is 2.18. The molecule has 22 heavy (non-hydrogen) atoms. The van der Waals surface area contributed by atoms with Gasteiger partial charge in [-0.2, -0.15) is 4.98 Å². The summed E-state index contributed by atoms with van der Waals surface area (Å²) in [7, 11) is 0. The first-order valence-electron chi connectivity index (χ1n) is 7.39. The lowest BCUT2D eigenvalue weighted by atomic mass is 9.97. The molecule has 1 aromatic heterocycles. The van der Waals surface area contributed by atoms with Gasteiger partial charge in [-0.05, 0) is 24.6 Å². The standard InChI is InChI=1S/C16H21N3O3/c1-10(11-5-6-12-13(7-11)21-9-20-12)17-8-14-18-15(22-19-14)16(2,3)4/h5-7,10,17H,8-9H2,1-4H3. The molecule has 1 aliphatic heterocycles. The molecule has 1 aromatic carbocycles. The van der Waals surface area contributed by atoms with Crippen LogP contribution in [0.3, 0.4) is 0 Å². The molecule has 0 amide bonds. The van der Waals surface area contributed by atoms with Crippen LogP contribution in [0.1, 0.15) is 51.0 Å². The van der Waals surface area contributed by atoms with Gasteiger partial charge in [-0.3, -0.25) is 0 Å². The van der Waals surface area contributed by atoms with E-state index in [0.717, 1.165) is 17.1 Å². The van der Waals surface area contributed by atoms with E-state index in [1.165, 1.54) is 0 Å². The summed E-state index contributed by atoms with van der Waals surface area (Å²) in [6.07, 6.45) is 0. The van der Waals surface area contributed by atoms with Gasteiger partial charge in [-0.25, -0.2) is 0 Å². The summed E-state index contributed by atoms with van der Waals surface area (Å²) in [5, 5.41) is 7.40. The minimum atomic E-state index is -0.131. The molecule has 2 heterocycles. The van der Waals surface area contributed by atoms with Gasteiger partial charge < -0.3 is 19.3 Å². The number of hydrogen-bond acceptors (Lipinski definition) is 6. The van der Waals surface area contributed by atoms with Gasteiger partial charge in [-0.1, -0.05) is 32.0 Å². The van der Waals surface area contributed by atoms with E-state index in [0.29, 0.717) is 25.1 Å². The smallest absolute Gasteiger partial charge is 0.232 e. The Morgan fingerprint density at radius 2 is 2.00 bits per heavy atom. The van der Waals surface area contributed by atoms with Gasteiger partial charge in [0.2, 0.25) is 12.7 Å². The second-order valence-corrected chi connectivity index (χ2v) is 6.48. The Balaban J connectivity index is 1.62. The highest BCUT2D eigenvalue weighted by molar-refractivity contribution is 5.45. The number of benzene rings is 1. The number of rotatable bonds is 4. The van der Waals surface area contributed by atoms with Crippen molar-refractivity contribution in [2.24, 2.45) is 0 Å². The lowest BCUT2D eigenvalue weighted by Gasteiger charge is -2.13. The van der Waals surface area contributed by atoms with Crippen molar-refractivity contribution in [1.29, 1.82) is 0 Å². The van der Waals surface area contributed by atoms with Crippen LogP contribution in [0.5, 0.6) is 11.5 Å². The van der Waals surface area contributed by atoms with Gasteiger partial charge in [0.25, 0.3) is 0 Å². The average Bonchev–Trinajstić information content (AvgIpc) is 3.12. The van der Waals surface area contributed by atoms with Crippen molar-refractivity contribution in [3.63, 3.8) is 0 Å². The van der Waals surface area contributed by atoms with E-state index >= 15 is 0 Å². The molecule has 0 radical (unpaired) electrons. The highest BCUT2D eigenvalue weighted by atomic mass is 16.7. The lowest BCUT2D eigenvalue weighted by Crippen LogP contribution is -2.19. The predicted octanol–water partition coefficient (Wildman–Crippen LogP) is 2.95. The minimum absolute atomic E-state index is 0.131. The molecular formula is C16H21N3O3. The van der Waals surface area contributed by atoms with E-state index in [-0.39, 0.29) is 11.5 Å². The minimum Gasteiger partial charge on any atom is -0.454 e. The third-order valence-electron chi connectivity index (χ3n) is 3.57. The van der Waals surface area contributed by atoms with E-state index in [1.54, 1.807) is 0 Å². The quantitative estimate of drug-likeness (QED) is 0.936. The van der Waals surface area contributed by atoms with E-state index in [4.69, 9.17) is 14.0 Å². The normalized spacial score (nSPS) is 15.1. The average molecular weight is 303 g/mol. The molecule has 6 nitrogen and oxygen atoms in total. The molecule has 6 heteroatoms. The number of fused-ring (bicyclic) bond motifs is 1. The van der Waals surface area contributed by atoms with E-state index in [2.05, 4.69) is 22.4 Å². The molecule has 0 aliphatic carbocycles. The summed E-state index contributed by atoms with van der Waals surface area (Å²) in [5.74, 6) is 2.90.